The van der Waals surface area contributed by atoms with Crippen LogP contribution in [0.1, 0.15) is 5.56 Å². The van der Waals surface area contributed by atoms with Crippen molar-refractivity contribution in [2.24, 2.45) is 10.7 Å². The van der Waals surface area contributed by atoms with Gasteiger partial charge in [0.15, 0.2) is 11.1 Å². The van der Waals surface area contributed by atoms with Gasteiger partial charge < -0.3 is 16.4 Å². The van der Waals surface area contributed by atoms with Crippen molar-refractivity contribution in [2.45, 2.75) is 6.92 Å². The van der Waals surface area contributed by atoms with Crippen LogP contribution < -0.4 is 16.4 Å². The van der Waals surface area contributed by atoms with Crippen molar-refractivity contribution in [2.75, 3.05) is 23.7 Å². The fourth-order valence-corrected chi connectivity index (χ4v) is 3.00. The summed E-state index contributed by atoms with van der Waals surface area (Å²) < 4.78 is 1.18. The number of aromatic nitrogens is 1. The monoisotopic (exact) mass is 325 g/mol. The SMILES string of the molecule is Cc1ccc(NC(N)=NCCNc2nc3ccccc3s2)cc1. The number of hydrogen-bond acceptors (Lipinski definition) is 4. The van der Waals surface area contributed by atoms with Gasteiger partial charge in [-0.3, -0.25) is 4.99 Å². The summed E-state index contributed by atoms with van der Waals surface area (Å²) in [6, 6.07) is 16.1. The molecular formula is C17H19N5S. The molecule has 0 radical (unpaired) electrons. The second-order valence-corrected chi connectivity index (χ2v) is 6.20. The predicted molar refractivity (Wildman–Crippen MR) is 99.4 cm³/mol. The molecule has 0 aliphatic heterocycles. The Kier molecular flexibility index (Phi) is 4.73. The van der Waals surface area contributed by atoms with E-state index in [2.05, 4.69) is 33.6 Å². The van der Waals surface area contributed by atoms with Crippen molar-refractivity contribution in [1.82, 2.24) is 4.98 Å². The number of fused-ring (bicyclic) bond motifs is 1. The summed E-state index contributed by atoms with van der Waals surface area (Å²) >= 11 is 1.64. The van der Waals surface area contributed by atoms with Crippen molar-refractivity contribution >= 4 is 38.3 Å². The van der Waals surface area contributed by atoms with Crippen LogP contribution in [-0.2, 0) is 0 Å². The first-order valence-corrected chi connectivity index (χ1v) is 8.25. The van der Waals surface area contributed by atoms with Gasteiger partial charge in [-0.05, 0) is 31.2 Å². The normalized spacial score (nSPS) is 11.6. The largest absolute Gasteiger partial charge is 0.370 e. The molecule has 3 rings (SSSR count). The lowest BCUT2D eigenvalue weighted by molar-refractivity contribution is 1.01. The minimum absolute atomic E-state index is 0.417. The van der Waals surface area contributed by atoms with E-state index in [9.17, 15) is 0 Å². The molecule has 1 aromatic heterocycles. The number of benzene rings is 2. The van der Waals surface area contributed by atoms with E-state index in [1.54, 1.807) is 11.3 Å². The van der Waals surface area contributed by atoms with Gasteiger partial charge in [0.2, 0.25) is 0 Å². The molecular weight excluding hydrogens is 306 g/mol. The number of hydrogen-bond donors (Lipinski definition) is 3. The lowest BCUT2D eigenvalue weighted by atomic mass is 10.2. The molecule has 23 heavy (non-hydrogen) atoms. The van der Waals surface area contributed by atoms with Crippen LogP contribution >= 0.6 is 11.3 Å². The average molecular weight is 325 g/mol. The summed E-state index contributed by atoms with van der Waals surface area (Å²) in [5.41, 5.74) is 9.05. The van der Waals surface area contributed by atoms with Crippen LogP contribution in [0, 0.1) is 6.92 Å². The fraction of sp³-hybridized carbons (Fsp3) is 0.176. The zero-order chi connectivity index (χ0) is 16.1. The molecule has 0 unspecified atom stereocenters. The molecule has 0 bridgehead atoms. The molecule has 0 fully saturated rings. The Morgan fingerprint density at radius 3 is 2.74 bits per heavy atom. The molecule has 0 atom stereocenters. The lowest BCUT2D eigenvalue weighted by Crippen LogP contribution is -2.23. The molecule has 1 heterocycles. The topological polar surface area (TPSA) is 75.3 Å². The number of aryl methyl sites for hydroxylation is 1. The smallest absolute Gasteiger partial charge is 0.193 e. The Hall–Kier alpha value is -2.60. The molecule has 2 aromatic carbocycles. The first-order valence-electron chi connectivity index (χ1n) is 7.44. The zero-order valence-corrected chi connectivity index (χ0v) is 13.7. The van der Waals surface area contributed by atoms with E-state index in [0.29, 0.717) is 19.0 Å². The van der Waals surface area contributed by atoms with Crippen LogP contribution in [0.3, 0.4) is 0 Å². The molecule has 118 valence electrons. The number of nitrogens with one attached hydrogen (secondary N) is 2. The van der Waals surface area contributed by atoms with Crippen LogP contribution in [0.2, 0.25) is 0 Å². The quantitative estimate of drug-likeness (QED) is 0.381. The van der Waals surface area contributed by atoms with Gasteiger partial charge in [-0.2, -0.15) is 0 Å². The van der Waals surface area contributed by atoms with Gasteiger partial charge in [0.25, 0.3) is 0 Å². The van der Waals surface area contributed by atoms with Gasteiger partial charge in [0.1, 0.15) is 0 Å². The summed E-state index contributed by atoms with van der Waals surface area (Å²) in [6.07, 6.45) is 0. The van der Waals surface area contributed by atoms with Crippen molar-refractivity contribution in [1.29, 1.82) is 0 Å². The van der Waals surface area contributed by atoms with Crippen LogP contribution in [0.4, 0.5) is 10.8 Å². The number of para-hydroxylation sites is 1. The molecule has 0 amide bonds. The molecule has 0 aliphatic rings. The Morgan fingerprint density at radius 1 is 1.17 bits per heavy atom. The minimum Gasteiger partial charge on any atom is -0.370 e. The van der Waals surface area contributed by atoms with Crippen LogP contribution in [-0.4, -0.2) is 24.0 Å². The summed E-state index contributed by atoms with van der Waals surface area (Å²) in [7, 11) is 0. The number of nitrogens with zero attached hydrogens (tertiary/aromatic N) is 2. The van der Waals surface area contributed by atoms with Crippen molar-refractivity contribution < 1.29 is 0 Å². The Balaban J connectivity index is 1.49. The molecule has 0 saturated heterocycles. The van der Waals surface area contributed by atoms with Crippen LogP contribution in [0.15, 0.2) is 53.5 Å². The Bertz CT molecular complexity index is 774. The second kappa shape index (κ2) is 7.11. The number of aliphatic imine (C=N–C) groups is 1. The maximum atomic E-state index is 5.88. The van der Waals surface area contributed by atoms with E-state index in [-0.39, 0.29) is 0 Å². The van der Waals surface area contributed by atoms with Gasteiger partial charge in [-0.15, -0.1) is 0 Å². The van der Waals surface area contributed by atoms with Gasteiger partial charge in [-0.25, -0.2) is 4.98 Å². The molecule has 6 heteroatoms. The van der Waals surface area contributed by atoms with Crippen molar-refractivity contribution in [3.8, 4) is 0 Å². The van der Waals surface area contributed by atoms with Gasteiger partial charge in [-0.1, -0.05) is 41.2 Å². The fourth-order valence-electron chi connectivity index (χ4n) is 2.11. The third-order valence-electron chi connectivity index (χ3n) is 3.29. The number of rotatable bonds is 5. The number of guanidine groups is 1. The van der Waals surface area contributed by atoms with Crippen molar-refractivity contribution in [3.63, 3.8) is 0 Å². The average Bonchev–Trinajstić information content (AvgIpc) is 2.96. The number of nitrogens with two attached hydrogens (primary N) is 1. The molecule has 0 aliphatic carbocycles. The zero-order valence-electron chi connectivity index (χ0n) is 12.9. The Labute approximate surface area is 139 Å². The first-order chi connectivity index (χ1) is 11.2. The van der Waals surface area contributed by atoms with Crippen molar-refractivity contribution in [3.05, 3.63) is 54.1 Å². The van der Waals surface area contributed by atoms with E-state index >= 15 is 0 Å². The highest BCUT2D eigenvalue weighted by atomic mass is 32.1. The second-order valence-electron chi connectivity index (χ2n) is 5.17. The molecule has 3 aromatic rings. The maximum absolute atomic E-state index is 5.88. The summed E-state index contributed by atoms with van der Waals surface area (Å²) in [4.78, 5) is 8.83. The summed E-state index contributed by atoms with van der Waals surface area (Å²) in [6.45, 7) is 3.33. The van der Waals surface area contributed by atoms with E-state index in [1.165, 1.54) is 10.3 Å². The van der Waals surface area contributed by atoms with Gasteiger partial charge in [0.05, 0.1) is 16.8 Å². The number of anilines is 2. The van der Waals surface area contributed by atoms with Crippen LogP contribution in [0.25, 0.3) is 10.2 Å². The highest BCUT2D eigenvalue weighted by Crippen LogP contribution is 2.24. The van der Waals surface area contributed by atoms with Gasteiger partial charge in [0, 0.05) is 12.2 Å². The molecule has 5 nitrogen and oxygen atoms in total. The highest BCUT2D eigenvalue weighted by Gasteiger charge is 2.01. The summed E-state index contributed by atoms with van der Waals surface area (Å²) in [5, 5.41) is 7.26. The minimum atomic E-state index is 0.417. The Morgan fingerprint density at radius 2 is 1.96 bits per heavy atom. The van der Waals surface area contributed by atoms with E-state index in [0.717, 1.165) is 16.3 Å². The summed E-state index contributed by atoms with van der Waals surface area (Å²) in [5.74, 6) is 0.417. The molecule has 0 saturated carbocycles. The number of thiazole rings is 1. The molecule has 4 N–H and O–H groups in total. The molecule has 0 spiro atoms. The first kappa shape index (κ1) is 15.3. The maximum Gasteiger partial charge on any atom is 0.193 e. The van der Waals surface area contributed by atoms with E-state index < -0.39 is 0 Å². The van der Waals surface area contributed by atoms with E-state index in [4.69, 9.17) is 5.73 Å². The third-order valence-corrected chi connectivity index (χ3v) is 4.28. The third kappa shape index (κ3) is 4.20. The highest BCUT2D eigenvalue weighted by molar-refractivity contribution is 7.22. The van der Waals surface area contributed by atoms with E-state index in [1.807, 2.05) is 42.5 Å². The van der Waals surface area contributed by atoms with Gasteiger partial charge >= 0.3 is 0 Å². The predicted octanol–water partition coefficient (Wildman–Crippen LogP) is 3.44. The standard InChI is InChI=1S/C17H19N5S/c1-12-6-8-13(9-7-12)21-16(18)19-10-11-20-17-22-14-4-2-3-5-15(14)23-17/h2-9H,10-11H2,1H3,(H,20,22)(H3,18,19,21). The lowest BCUT2D eigenvalue weighted by Gasteiger charge is -2.06. The van der Waals surface area contributed by atoms with Crippen LogP contribution in [0.5, 0.6) is 0 Å².